The maximum Gasteiger partial charge on any atom is 0.263 e. The largest absolute Gasteiger partial charge is 0.276 e. The molecule has 10 rings (SSSR count). The van der Waals surface area contributed by atoms with Gasteiger partial charge in [-0.25, -0.2) is 8.78 Å². The molecule has 2 heterocycles. The Morgan fingerprint density at radius 3 is 1.02 bits per heavy atom. The van der Waals surface area contributed by atoms with Gasteiger partial charge in [0.1, 0.15) is 11.6 Å². The Morgan fingerprint density at radius 2 is 0.643 bits per heavy atom. The van der Waals surface area contributed by atoms with Gasteiger partial charge in [-0.05, 0) is 117 Å². The summed E-state index contributed by atoms with van der Waals surface area (Å²) < 4.78 is 32.1. The summed E-state index contributed by atoms with van der Waals surface area (Å²) in [6, 6.07) is 56.5. The minimum atomic E-state index is -0.451. The third-order valence-electron chi connectivity index (χ3n) is 10.7. The summed E-state index contributed by atoms with van der Waals surface area (Å²) in [6.45, 7) is 0. The number of hydrogen-bond donors (Lipinski definition) is 0. The highest BCUT2D eigenvalue weighted by molar-refractivity contribution is 6.08. The van der Waals surface area contributed by atoms with Gasteiger partial charge in [-0.2, -0.15) is 0 Å². The Labute approximate surface area is 319 Å². The molecule has 6 heteroatoms. The van der Waals surface area contributed by atoms with Crippen molar-refractivity contribution in [2.24, 2.45) is 0 Å². The minimum absolute atomic E-state index is 0.263. The molecule has 0 N–H and O–H groups in total. The van der Waals surface area contributed by atoms with Gasteiger partial charge < -0.3 is 0 Å². The zero-order chi connectivity index (χ0) is 37.9. The fourth-order valence-corrected chi connectivity index (χ4v) is 7.95. The van der Waals surface area contributed by atoms with E-state index < -0.39 is 11.6 Å². The fourth-order valence-electron chi connectivity index (χ4n) is 7.95. The van der Waals surface area contributed by atoms with Crippen LogP contribution in [-0.4, -0.2) is 9.13 Å². The molecule has 0 saturated carbocycles. The summed E-state index contributed by atoms with van der Waals surface area (Å²) in [6.07, 6.45) is 0. The normalized spacial score (nSPS) is 11.5. The van der Waals surface area contributed by atoms with Crippen LogP contribution in [0.25, 0.3) is 88.1 Å². The predicted molar refractivity (Wildman–Crippen MR) is 224 cm³/mol. The molecule has 0 aliphatic heterocycles. The van der Waals surface area contributed by atoms with Gasteiger partial charge in [0.15, 0.2) is 0 Å². The molecule has 0 fully saturated rings. The number of benzene rings is 8. The molecule has 4 nitrogen and oxygen atoms in total. The van der Waals surface area contributed by atoms with Crippen LogP contribution in [0.1, 0.15) is 0 Å². The van der Waals surface area contributed by atoms with E-state index in [-0.39, 0.29) is 11.1 Å². The average molecular weight is 729 g/mol. The topological polar surface area (TPSA) is 44.0 Å². The smallest absolute Gasteiger partial charge is 0.263 e. The van der Waals surface area contributed by atoms with Crippen LogP contribution >= 0.6 is 0 Å². The maximum absolute atomic E-state index is 14.4. The van der Waals surface area contributed by atoms with Crippen molar-refractivity contribution < 1.29 is 8.78 Å². The van der Waals surface area contributed by atoms with E-state index in [2.05, 4.69) is 60.7 Å². The molecule has 0 radical (unpaired) electrons. The molecule has 0 amide bonds. The van der Waals surface area contributed by atoms with Crippen LogP contribution < -0.4 is 11.1 Å². The van der Waals surface area contributed by atoms with E-state index in [1.807, 2.05) is 84.9 Å². The predicted octanol–water partition coefficient (Wildman–Crippen LogP) is 11.9. The van der Waals surface area contributed by atoms with Crippen molar-refractivity contribution in [3.63, 3.8) is 0 Å². The van der Waals surface area contributed by atoms with Gasteiger partial charge in [0.2, 0.25) is 0 Å². The third kappa shape index (κ3) is 5.50. The molecular weight excluding hydrogens is 699 g/mol. The Balaban J connectivity index is 1.00. The van der Waals surface area contributed by atoms with Crippen molar-refractivity contribution in [2.45, 2.75) is 0 Å². The molecule has 56 heavy (non-hydrogen) atoms. The number of hydrogen-bond acceptors (Lipinski definition) is 2. The number of pyridine rings is 2. The summed E-state index contributed by atoms with van der Waals surface area (Å²) in [5, 5.41) is 3.79. The summed E-state index contributed by atoms with van der Waals surface area (Å²) in [7, 11) is 0. The van der Waals surface area contributed by atoms with Gasteiger partial charge in [0.25, 0.3) is 11.1 Å². The first-order chi connectivity index (χ1) is 27.4. The van der Waals surface area contributed by atoms with Gasteiger partial charge >= 0.3 is 0 Å². The summed E-state index contributed by atoms with van der Waals surface area (Å²) >= 11 is 0. The number of aromatic nitrogens is 2. The standard InChI is InChI=1S/C50H30F2N2O2/c51-37-21-23-41-43-27-35(19-25-47(43)53(49(55)45(41)29-37)39-7-3-1-4-8-39)33-15-11-31(12-16-33)32-13-17-34(18-14-32)36-20-26-48-44(28-36)42-24-22-38(52)30-46(42)50(56)54(48)40-9-5-2-6-10-40/h1-30H. The van der Waals surface area contributed by atoms with Gasteiger partial charge in [-0.15, -0.1) is 0 Å². The van der Waals surface area contributed by atoms with Crippen LogP contribution in [0.5, 0.6) is 0 Å². The molecule has 0 unspecified atom stereocenters. The van der Waals surface area contributed by atoms with Crippen molar-refractivity contribution in [1.29, 1.82) is 0 Å². The van der Waals surface area contributed by atoms with E-state index in [0.717, 1.165) is 66.6 Å². The zero-order valence-corrected chi connectivity index (χ0v) is 29.8. The first kappa shape index (κ1) is 33.2. The van der Waals surface area contributed by atoms with E-state index >= 15 is 0 Å². The second-order valence-corrected chi connectivity index (χ2v) is 14.0. The van der Waals surface area contributed by atoms with E-state index in [0.29, 0.717) is 21.5 Å². The van der Waals surface area contributed by atoms with E-state index in [1.54, 1.807) is 21.3 Å². The van der Waals surface area contributed by atoms with Crippen LogP contribution in [0.15, 0.2) is 192 Å². The molecule has 0 atom stereocenters. The van der Waals surface area contributed by atoms with Crippen molar-refractivity contribution in [2.75, 3.05) is 0 Å². The van der Waals surface area contributed by atoms with Crippen LogP contribution in [-0.2, 0) is 0 Å². The molecule has 10 aromatic rings. The second-order valence-electron chi connectivity index (χ2n) is 14.0. The van der Waals surface area contributed by atoms with Gasteiger partial charge in [0, 0.05) is 22.1 Å². The number of nitrogens with zero attached hydrogens (tertiary/aromatic N) is 2. The molecule has 8 aromatic carbocycles. The lowest BCUT2D eigenvalue weighted by atomic mass is 9.96. The van der Waals surface area contributed by atoms with Crippen LogP contribution in [0, 0.1) is 11.6 Å². The maximum atomic E-state index is 14.4. The number of fused-ring (bicyclic) bond motifs is 6. The molecule has 2 aromatic heterocycles. The van der Waals surface area contributed by atoms with Crippen LogP contribution in [0.4, 0.5) is 8.78 Å². The molecule has 0 aliphatic rings. The molecular formula is C50H30F2N2O2. The highest BCUT2D eigenvalue weighted by atomic mass is 19.1. The van der Waals surface area contributed by atoms with Crippen molar-refractivity contribution >= 4 is 43.4 Å². The lowest BCUT2D eigenvalue weighted by molar-refractivity contribution is 0.629. The lowest BCUT2D eigenvalue weighted by Gasteiger charge is -2.15. The Bertz CT molecular complexity index is 3060. The van der Waals surface area contributed by atoms with Crippen molar-refractivity contribution in [1.82, 2.24) is 9.13 Å². The quantitative estimate of drug-likeness (QED) is 0.166. The van der Waals surface area contributed by atoms with Crippen molar-refractivity contribution in [3.8, 4) is 44.8 Å². The molecule has 0 spiro atoms. The number of para-hydroxylation sites is 2. The molecule has 266 valence electrons. The first-order valence-corrected chi connectivity index (χ1v) is 18.3. The third-order valence-corrected chi connectivity index (χ3v) is 10.7. The first-order valence-electron chi connectivity index (χ1n) is 18.3. The zero-order valence-electron chi connectivity index (χ0n) is 29.8. The molecule has 0 aliphatic carbocycles. The van der Waals surface area contributed by atoms with Gasteiger partial charge in [0.05, 0.1) is 21.8 Å². The Kier molecular flexibility index (Phi) is 7.78. The Hall–Kier alpha value is -7.44. The monoisotopic (exact) mass is 728 g/mol. The van der Waals surface area contributed by atoms with E-state index in [1.165, 1.54) is 24.3 Å². The average Bonchev–Trinajstić information content (AvgIpc) is 3.24. The van der Waals surface area contributed by atoms with Gasteiger partial charge in [-0.3, -0.25) is 18.7 Å². The number of halogens is 2. The lowest BCUT2D eigenvalue weighted by Crippen LogP contribution is -2.19. The SMILES string of the molecule is O=c1c2cc(F)ccc2c2cc(-c3ccc(-c4ccc(-c5ccc6c(c5)c5ccc(F)cc5c(=O)n6-c5ccccc5)cc4)cc3)ccc2n1-c1ccccc1. The highest BCUT2D eigenvalue weighted by Gasteiger charge is 2.16. The molecule has 0 saturated heterocycles. The van der Waals surface area contributed by atoms with Crippen LogP contribution in [0.3, 0.4) is 0 Å². The van der Waals surface area contributed by atoms with Crippen molar-refractivity contribution in [3.05, 3.63) is 214 Å². The van der Waals surface area contributed by atoms with Crippen LogP contribution in [0.2, 0.25) is 0 Å². The minimum Gasteiger partial charge on any atom is -0.276 e. The van der Waals surface area contributed by atoms with E-state index in [9.17, 15) is 18.4 Å². The fraction of sp³-hybridized carbons (Fsp3) is 0. The summed E-state index contributed by atoms with van der Waals surface area (Å²) in [5.41, 5.74) is 8.50. The second kappa shape index (κ2) is 13.1. The Morgan fingerprint density at radius 1 is 0.304 bits per heavy atom. The summed E-state index contributed by atoms with van der Waals surface area (Å²) in [5.74, 6) is -0.903. The molecule has 0 bridgehead atoms. The summed E-state index contributed by atoms with van der Waals surface area (Å²) in [4.78, 5) is 27.4. The number of rotatable bonds is 5. The van der Waals surface area contributed by atoms with E-state index in [4.69, 9.17) is 0 Å². The van der Waals surface area contributed by atoms with Gasteiger partial charge in [-0.1, -0.05) is 109 Å². The highest BCUT2D eigenvalue weighted by Crippen LogP contribution is 2.34.